The number of aliphatic imine (C=N–C) groups is 1. The van der Waals surface area contributed by atoms with Gasteiger partial charge in [0.05, 0.1) is 0 Å². The van der Waals surface area contributed by atoms with E-state index < -0.39 is 6.61 Å². The number of benzene rings is 1. The number of rotatable bonds is 3. The maximum atomic E-state index is 12.4. The number of hydrogen-bond donors (Lipinski definition) is 0. The molecule has 2 heterocycles. The van der Waals surface area contributed by atoms with Gasteiger partial charge in [0.25, 0.3) is 5.91 Å². The van der Waals surface area contributed by atoms with Gasteiger partial charge in [-0.05, 0) is 42.7 Å². The monoisotopic (exact) mass is 340 g/mol. The first-order valence-electron chi connectivity index (χ1n) is 7.40. The average molecular weight is 341 g/mol. The summed E-state index contributed by atoms with van der Waals surface area (Å²) in [6.45, 7) is -2.25. The molecule has 122 valence electrons. The van der Waals surface area contributed by atoms with Gasteiger partial charge in [-0.1, -0.05) is 18.0 Å². The van der Waals surface area contributed by atoms with Crippen molar-refractivity contribution < 1.29 is 18.3 Å². The van der Waals surface area contributed by atoms with E-state index in [-0.39, 0.29) is 17.4 Å². The largest absolute Gasteiger partial charge is 0.435 e. The maximum absolute atomic E-state index is 12.4. The molecule has 0 N–H and O–H groups in total. The summed E-state index contributed by atoms with van der Waals surface area (Å²) in [6, 6.07) is 4.18. The molecule has 0 bridgehead atoms. The van der Waals surface area contributed by atoms with Gasteiger partial charge < -0.3 is 4.74 Å². The highest BCUT2D eigenvalue weighted by Gasteiger charge is 2.30. The van der Waals surface area contributed by atoms with Crippen molar-refractivity contribution >= 4 is 29.4 Å². The number of alkyl halides is 2. The number of ether oxygens (including phenoxy) is 1. The van der Waals surface area contributed by atoms with Crippen LogP contribution in [0, 0.1) is 0 Å². The number of hydrogen-bond acceptors (Lipinski definition) is 3. The summed E-state index contributed by atoms with van der Waals surface area (Å²) in [5.41, 5.74) is 0.702. The van der Waals surface area contributed by atoms with E-state index in [0.717, 1.165) is 31.5 Å². The van der Waals surface area contributed by atoms with E-state index in [1.807, 2.05) is 0 Å². The van der Waals surface area contributed by atoms with Crippen molar-refractivity contribution in [1.29, 1.82) is 0 Å². The van der Waals surface area contributed by atoms with E-state index in [4.69, 9.17) is 11.6 Å². The highest BCUT2D eigenvalue weighted by atomic mass is 35.5. The summed E-state index contributed by atoms with van der Waals surface area (Å²) in [5.74, 6) is 0.594. The van der Waals surface area contributed by atoms with Gasteiger partial charge in [0, 0.05) is 18.0 Å². The molecular weight excluding hydrogens is 326 g/mol. The maximum Gasteiger partial charge on any atom is 0.387 e. The minimum atomic E-state index is -2.91. The van der Waals surface area contributed by atoms with Crippen LogP contribution in [0.15, 0.2) is 28.9 Å². The van der Waals surface area contributed by atoms with E-state index in [0.29, 0.717) is 17.1 Å². The van der Waals surface area contributed by atoms with Crippen LogP contribution in [0.3, 0.4) is 0 Å². The molecular formula is C16H15ClF2N2O2. The normalized spacial score (nSPS) is 19.8. The number of amidine groups is 1. The molecule has 0 aromatic heterocycles. The third-order valence-corrected chi connectivity index (χ3v) is 4.14. The van der Waals surface area contributed by atoms with Crippen molar-refractivity contribution in [2.75, 3.05) is 6.54 Å². The molecule has 1 aromatic rings. The van der Waals surface area contributed by atoms with E-state index >= 15 is 0 Å². The van der Waals surface area contributed by atoms with Crippen LogP contribution < -0.4 is 4.74 Å². The summed E-state index contributed by atoms with van der Waals surface area (Å²) >= 11 is 6.08. The Kier molecular flexibility index (Phi) is 4.61. The summed E-state index contributed by atoms with van der Waals surface area (Å²) in [4.78, 5) is 18.5. The van der Waals surface area contributed by atoms with Crippen molar-refractivity contribution in [2.24, 2.45) is 4.99 Å². The molecule has 2 aliphatic heterocycles. The van der Waals surface area contributed by atoms with E-state index in [9.17, 15) is 13.6 Å². The molecule has 4 nitrogen and oxygen atoms in total. The van der Waals surface area contributed by atoms with Gasteiger partial charge >= 0.3 is 6.61 Å². The van der Waals surface area contributed by atoms with Crippen LogP contribution in [0.2, 0.25) is 5.02 Å². The summed E-state index contributed by atoms with van der Waals surface area (Å²) in [6.07, 6.45) is 5.33. The fraction of sp³-hybridized carbons (Fsp3) is 0.375. The quantitative estimate of drug-likeness (QED) is 0.777. The molecule has 1 amide bonds. The number of fused-ring (bicyclic) bond motifs is 1. The SMILES string of the molecule is O=C1/C(=C/c2cc(OC(F)F)ccc2Cl)N=C2CCCCCN12. The molecule has 0 saturated carbocycles. The zero-order valence-corrected chi connectivity index (χ0v) is 13.0. The smallest absolute Gasteiger partial charge is 0.387 e. The minimum Gasteiger partial charge on any atom is -0.435 e. The van der Waals surface area contributed by atoms with Crippen LogP contribution in [0.25, 0.3) is 6.08 Å². The number of halogens is 3. The lowest BCUT2D eigenvalue weighted by atomic mass is 10.1. The van der Waals surface area contributed by atoms with E-state index in [1.54, 1.807) is 4.90 Å². The molecule has 2 aliphatic rings. The third kappa shape index (κ3) is 3.52. The Hall–Kier alpha value is -1.95. The van der Waals surface area contributed by atoms with Crippen molar-refractivity contribution in [3.8, 4) is 5.75 Å². The van der Waals surface area contributed by atoms with Crippen LogP contribution in [0.4, 0.5) is 8.78 Å². The second-order valence-corrected chi connectivity index (χ2v) is 5.79. The molecule has 3 rings (SSSR count). The fourth-order valence-electron chi connectivity index (χ4n) is 2.70. The van der Waals surface area contributed by atoms with Gasteiger partial charge in [0.15, 0.2) is 0 Å². The minimum absolute atomic E-state index is 0.0103. The first-order valence-corrected chi connectivity index (χ1v) is 7.78. The Morgan fingerprint density at radius 3 is 2.91 bits per heavy atom. The fourth-order valence-corrected chi connectivity index (χ4v) is 2.88. The van der Waals surface area contributed by atoms with Crippen LogP contribution in [0.1, 0.15) is 31.2 Å². The number of carbonyl (C=O) groups excluding carboxylic acids is 1. The molecule has 7 heteroatoms. The first-order chi connectivity index (χ1) is 11.0. The molecule has 1 saturated heterocycles. The van der Waals surface area contributed by atoms with Crippen molar-refractivity contribution in [2.45, 2.75) is 32.3 Å². The van der Waals surface area contributed by atoms with Gasteiger partial charge in [0.2, 0.25) is 0 Å². The molecule has 0 spiro atoms. The van der Waals surface area contributed by atoms with Gasteiger partial charge in [-0.3, -0.25) is 9.69 Å². The lowest BCUT2D eigenvalue weighted by Crippen LogP contribution is -2.31. The number of carbonyl (C=O) groups is 1. The second-order valence-electron chi connectivity index (χ2n) is 5.39. The Labute approximate surface area is 137 Å². The van der Waals surface area contributed by atoms with E-state index in [1.165, 1.54) is 24.3 Å². The van der Waals surface area contributed by atoms with Gasteiger partial charge in [-0.25, -0.2) is 4.99 Å². The molecule has 1 fully saturated rings. The lowest BCUT2D eigenvalue weighted by molar-refractivity contribution is -0.122. The molecule has 0 atom stereocenters. The Morgan fingerprint density at radius 1 is 1.30 bits per heavy atom. The third-order valence-electron chi connectivity index (χ3n) is 3.79. The zero-order chi connectivity index (χ0) is 16.4. The van der Waals surface area contributed by atoms with Crippen molar-refractivity contribution in [3.05, 3.63) is 34.5 Å². The lowest BCUT2D eigenvalue weighted by Gasteiger charge is -2.14. The summed E-state index contributed by atoms with van der Waals surface area (Å²) in [5, 5.41) is 0.342. The van der Waals surface area contributed by atoms with Crippen molar-refractivity contribution in [1.82, 2.24) is 4.90 Å². The topological polar surface area (TPSA) is 41.9 Å². The van der Waals surface area contributed by atoms with Crippen LogP contribution in [-0.4, -0.2) is 29.8 Å². The van der Waals surface area contributed by atoms with Gasteiger partial charge in [-0.2, -0.15) is 8.78 Å². The number of nitrogens with zero attached hydrogens (tertiary/aromatic N) is 2. The zero-order valence-electron chi connectivity index (χ0n) is 12.3. The predicted octanol–water partition coefficient (Wildman–Crippen LogP) is 4.10. The Morgan fingerprint density at radius 2 is 2.13 bits per heavy atom. The predicted molar refractivity (Wildman–Crippen MR) is 83.7 cm³/mol. The summed E-state index contributed by atoms with van der Waals surface area (Å²) in [7, 11) is 0. The van der Waals surface area contributed by atoms with Gasteiger partial charge in [0.1, 0.15) is 17.3 Å². The summed E-state index contributed by atoms with van der Waals surface area (Å²) < 4.78 is 29.0. The highest BCUT2D eigenvalue weighted by molar-refractivity contribution is 6.32. The molecule has 0 unspecified atom stereocenters. The van der Waals surface area contributed by atoms with Crippen LogP contribution in [-0.2, 0) is 4.79 Å². The highest BCUT2D eigenvalue weighted by Crippen LogP contribution is 2.29. The van der Waals surface area contributed by atoms with Crippen molar-refractivity contribution in [3.63, 3.8) is 0 Å². The first kappa shape index (κ1) is 15.9. The Bertz CT molecular complexity index is 689. The van der Waals surface area contributed by atoms with Crippen LogP contribution in [0.5, 0.6) is 5.75 Å². The Balaban J connectivity index is 1.91. The molecule has 23 heavy (non-hydrogen) atoms. The molecule has 1 aromatic carbocycles. The average Bonchev–Trinajstić information content (AvgIpc) is 2.67. The second kappa shape index (κ2) is 6.66. The van der Waals surface area contributed by atoms with E-state index in [2.05, 4.69) is 9.73 Å². The standard InChI is InChI=1S/C16H15ClF2N2O2/c17-12-6-5-11(23-16(18)19)8-10(12)9-13-15(22)21-7-3-1-2-4-14(21)20-13/h5-6,8-9,16H,1-4,7H2/b13-9-. The molecule has 0 radical (unpaired) electrons. The number of amides is 1. The van der Waals surface area contributed by atoms with Gasteiger partial charge in [-0.15, -0.1) is 0 Å². The molecule has 0 aliphatic carbocycles. The van der Waals surface area contributed by atoms with Crippen LogP contribution >= 0.6 is 11.6 Å².